The molecular weight excluding hydrogens is 212 g/mol. The van der Waals surface area contributed by atoms with E-state index in [2.05, 4.69) is 17.3 Å². The fourth-order valence-electron chi connectivity index (χ4n) is 2.54. The van der Waals surface area contributed by atoms with Crippen LogP contribution >= 0.6 is 0 Å². The molecule has 17 heavy (non-hydrogen) atoms. The largest absolute Gasteiger partial charge is 0.294 e. The highest BCUT2D eigenvalue weighted by Gasteiger charge is 2.16. The summed E-state index contributed by atoms with van der Waals surface area (Å²) in [5, 5.41) is 4.05. The summed E-state index contributed by atoms with van der Waals surface area (Å²) in [7, 11) is 0. The van der Waals surface area contributed by atoms with Gasteiger partial charge in [0.15, 0.2) is 0 Å². The summed E-state index contributed by atoms with van der Waals surface area (Å²) >= 11 is 0. The van der Waals surface area contributed by atoms with E-state index in [1.54, 1.807) is 4.68 Å². The fourth-order valence-corrected chi connectivity index (χ4v) is 2.54. The lowest BCUT2D eigenvalue weighted by molar-refractivity contribution is 0.467. The molecule has 1 aliphatic rings. The zero-order valence-corrected chi connectivity index (χ0v) is 9.94. The predicted octanol–water partition coefficient (Wildman–Crippen LogP) is 2.92. The molecule has 0 saturated heterocycles. The van der Waals surface area contributed by atoms with Gasteiger partial charge in [0.2, 0.25) is 0 Å². The van der Waals surface area contributed by atoms with Crippen molar-refractivity contribution >= 4 is 10.9 Å². The highest BCUT2D eigenvalue weighted by Crippen LogP contribution is 2.22. The Kier molecular flexibility index (Phi) is 2.39. The Balaban J connectivity index is 2.21. The number of H-pyrrole nitrogens is 1. The Morgan fingerprint density at radius 1 is 1.41 bits per heavy atom. The van der Waals surface area contributed by atoms with Crippen molar-refractivity contribution in [1.29, 1.82) is 0 Å². The van der Waals surface area contributed by atoms with Crippen molar-refractivity contribution in [3.63, 3.8) is 0 Å². The minimum atomic E-state index is 0.0975. The Hall–Kier alpha value is -1.77. The number of aromatic amines is 1. The Morgan fingerprint density at radius 2 is 2.29 bits per heavy atom. The van der Waals surface area contributed by atoms with E-state index in [-0.39, 0.29) is 11.6 Å². The van der Waals surface area contributed by atoms with Gasteiger partial charge >= 0.3 is 0 Å². The molecule has 1 heterocycles. The molecule has 3 nitrogen and oxygen atoms in total. The molecule has 1 aromatic heterocycles. The van der Waals surface area contributed by atoms with E-state index in [9.17, 15) is 4.79 Å². The molecule has 0 amide bonds. The highest BCUT2D eigenvalue weighted by molar-refractivity contribution is 5.80. The van der Waals surface area contributed by atoms with Crippen LogP contribution in [0.1, 0.15) is 30.9 Å². The maximum absolute atomic E-state index is 12.3. The number of hydrogen-bond acceptors (Lipinski definition) is 1. The first-order chi connectivity index (χ1) is 8.27. The first-order valence-corrected chi connectivity index (χ1v) is 6.14. The lowest BCUT2D eigenvalue weighted by Crippen LogP contribution is -2.22. The van der Waals surface area contributed by atoms with Gasteiger partial charge in [0, 0.05) is 0 Å². The molecule has 3 heteroatoms. The van der Waals surface area contributed by atoms with Crippen molar-refractivity contribution in [2.45, 2.75) is 32.2 Å². The topological polar surface area (TPSA) is 37.8 Å². The van der Waals surface area contributed by atoms with Gasteiger partial charge in [-0.2, -0.15) is 0 Å². The lowest BCUT2D eigenvalue weighted by Gasteiger charge is -2.16. The number of allylic oxidation sites excluding steroid dienone is 2. The van der Waals surface area contributed by atoms with Gasteiger partial charge in [-0.15, -0.1) is 0 Å². The van der Waals surface area contributed by atoms with Crippen LogP contribution in [0.2, 0.25) is 0 Å². The van der Waals surface area contributed by atoms with Gasteiger partial charge in [0.1, 0.15) is 0 Å². The number of hydrogen-bond donors (Lipinski definition) is 1. The van der Waals surface area contributed by atoms with E-state index in [1.165, 1.54) is 0 Å². The van der Waals surface area contributed by atoms with Crippen molar-refractivity contribution < 1.29 is 0 Å². The first-order valence-electron chi connectivity index (χ1n) is 6.14. The molecule has 0 saturated carbocycles. The number of fused-ring (bicyclic) bond motifs is 1. The number of para-hydroxylation sites is 1. The average molecular weight is 228 g/mol. The molecule has 1 aromatic carbocycles. The van der Waals surface area contributed by atoms with Crippen LogP contribution in [0.3, 0.4) is 0 Å². The van der Waals surface area contributed by atoms with Crippen LogP contribution in [0, 0.1) is 6.92 Å². The Labute approximate surface area is 99.7 Å². The number of benzene rings is 1. The van der Waals surface area contributed by atoms with E-state index in [4.69, 9.17) is 0 Å². The van der Waals surface area contributed by atoms with Crippen molar-refractivity contribution in [2.75, 3.05) is 0 Å². The minimum absolute atomic E-state index is 0.0975. The van der Waals surface area contributed by atoms with E-state index in [1.807, 2.05) is 25.1 Å². The third-order valence-electron chi connectivity index (χ3n) is 3.51. The van der Waals surface area contributed by atoms with E-state index >= 15 is 0 Å². The van der Waals surface area contributed by atoms with E-state index < -0.39 is 0 Å². The maximum Gasteiger partial charge on any atom is 0.274 e. The summed E-state index contributed by atoms with van der Waals surface area (Å²) in [6.45, 7) is 2.03. The molecule has 1 N–H and O–H groups in total. The van der Waals surface area contributed by atoms with Crippen LogP contribution in [0.25, 0.3) is 10.9 Å². The molecule has 0 fully saturated rings. The minimum Gasteiger partial charge on any atom is -0.294 e. The second-order valence-electron chi connectivity index (χ2n) is 4.71. The third-order valence-corrected chi connectivity index (χ3v) is 3.51. The monoisotopic (exact) mass is 228 g/mol. The van der Waals surface area contributed by atoms with Gasteiger partial charge in [-0.25, -0.2) is 4.68 Å². The van der Waals surface area contributed by atoms with Gasteiger partial charge < -0.3 is 0 Å². The molecule has 0 aliphatic heterocycles. The van der Waals surface area contributed by atoms with Gasteiger partial charge in [-0.1, -0.05) is 24.3 Å². The quantitative estimate of drug-likeness (QED) is 0.749. The molecule has 2 aromatic rings. The Bertz CT molecular complexity index is 633. The van der Waals surface area contributed by atoms with Crippen LogP contribution in [-0.4, -0.2) is 9.78 Å². The lowest BCUT2D eigenvalue weighted by atomic mass is 10.0. The predicted molar refractivity (Wildman–Crippen MR) is 69.3 cm³/mol. The van der Waals surface area contributed by atoms with Crippen LogP contribution < -0.4 is 5.56 Å². The van der Waals surface area contributed by atoms with Gasteiger partial charge in [0.25, 0.3) is 5.56 Å². The molecule has 1 aliphatic carbocycles. The number of nitrogens with zero attached hydrogens (tertiary/aromatic N) is 1. The molecule has 1 atom stereocenters. The van der Waals surface area contributed by atoms with Crippen LogP contribution in [0.5, 0.6) is 0 Å². The molecular formula is C14H16N2O. The smallest absolute Gasteiger partial charge is 0.274 e. The fraction of sp³-hybridized carbons (Fsp3) is 0.357. The third kappa shape index (κ3) is 1.62. The molecule has 0 spiro atoms. The summed E-state index contributed by atoms with van der Waals surface area (Å²) < 4.78 is 1.77. The number of aromatic nitrogens is 2. The second-order valence-corrected chi connectivity index (χ2v) is 4.71. The maximum atomic E-state index is 12.3. The van der Waals surface area contributed by atoms with Crippen molar-refractivity contribution in [3.05, 3.63) is 46.3 Å². The number of rotatable bonds is 1. The van der Waals surface area contributed by atoms with Crippen LogP contribution in [0.15, 0.2) is 35.1 Å². The molecule has 3 rings (SSSR count). The standard InChI is InChI=1S/C14H16N2O/c1-10-6-5-9-12-13(10)15-16(14(12)17)11-7-3-2-4-8-11/h3,5-7,9,11,15H,2,4,8H2,1H3. The summed E-state index contributed by atoms with van der Waals surface area (Å²) in [4.78, 5) is 12.3. The summed E-state index contributed by atoms with van der Waals surface area (Å²) in [5.41, 5.74) is 2.19. The normalized spacial score (nSPS) is 19.9. The van der Waals surface area contributed by atoms with Crippen molar-refractivity contribution in [1.82, 2.24) is 9.78 Å². The van der Waals surface area contributed by atoms with Crippen molar-refractivity contribution in [2.24, 2.45) is 0 Å². The summed E-state index contributed by atoms with van der Waals surface area (Å²) in [6.07, 6.45) is 7.63. The molecule has 0 bridgehead atoms. The number of nitrogens with one attached hydrogen (secondary N) is 1. The summed E-state index contributed by atoms with van der Waals surface area (Å²) in [5.74, 6) is 0. The summed E-state index contributed by atoms with van der Waals surface area (Å²) in [6, 6.07) is 6.06. The molecule has 0 radical (unpaired) electrons. The SMILES string of the molecule is Cc1cccc2c(=O)n(C3C=CCCC3)[nH]c12. The van der Waals surface area contributed by atoms with E-state index in [0.717, 1.165) is 35.7 Å². The van der Waals surface area contributed by atoms with E-state index in [0.29, 0.717) is 0 Å². The van der Waals surface area contributed by atoms with Gasteiger partial charge in [-0.3, -0.25) is 9.89 Å². The average Bonchev–Trinajstić information content (AvgIpc) is 2.70. The van der Waals surface area contributed by atoms with Crippen LogP contribution in [0.4, 0.5) is 0 Å². The zero-order chi connectivity index (χ0) is 11.8. The van der Waals surface area contributed by atoms with Gasteiger partial charge in [0.05, 0.1) is 16.9 Å². The molecule has 1 unspecified atom stereocenters. The molecule has 88 valence electrons. The highest BCUT2D eigenvalue weighted by atomic mass is 16.1. The van der Waals surface area contributed by atoms with Crippen molar-refractivity contribution in [3.8, 4) is 0 Å². The van der Waals surface area contributed by atoms with Crippen LogP contribution in [-0.2, 0) is 0 Å². The van der Waals surface area contributed by atoms with Gasteiger partial charge in [-0.05, 0) is 37.8 Å². The second kappa shape index (κ2) is 3.91. The first kappa shape index (κ1) is 10.4. The number of aryl methyl sites for hydroxylation is 1. The zero-order valence-electron chi connectivity index (χ0n) is 9.94. The Morgan fingerprint density at radius 3 is 3.00 bits per heavy atom.